The van der Waals surface area contributed by atoms with Gasteiger partial charge < -0.3 is 15.3 Å². The fourth-order valence-electron chi connectivity index (χ4n) is 3.63. The number of aryl methyl sites for hydroxylation is 2. The Balaban J connectivity index is 1.53. The molecule has 7 nitrogen and oxygen atoms in total. The second-order valence-electron chi connectivity index (χ2n) is 6.94. The van der Waals surface area contributed by atoms with Gasteiger partial charge in [-0.3, -0.25) is 0 Å². The van der Waals surface area contributed by atoms with Gasteiger partial charge in [0.2, 0.25) is 0 Å². The predicted octanol–water partition coefficient (Wildman–Crippen LogP) is 1.10. The number of urea groups is 1. The van der Waals surface area contributed by atoms with Crippen LogP contribution in [0.3, 0.4) is 0 Å². The number of fused-ring (bicyclic) bond motifs is 1. The zero-order chi connectivity index (χ0) is 16.4. The number of piperidine rings is 1. The molecular formula is C16H27N5O2. The van der Waals surface area contributed by atoms with Crippen molar-refractivity contribution in [1.29, 1.82) is 0 Å². The molecule has 7 heteroatoms. The first kappa shape index (κ1) is 16.2. The van der Waals surface area contributed by atoms with E-state index in [9.17, 15) is 9.90 Å². The molecule has 1 aromatic heterocycles. The number of hydrogen-bond donors (Lipinski definition) is 2. The second kappa shape index (κ2) is 6.47. The number of nitrogens with zero attached hydrogens (tertiary/aromatic N) is 4. The molecule has 3 rings (SSSR count). The smallest absolute Gasteiger partial charge is 0.317 e. The summed E-state index contributed by atoms with van der Waals surface area (Å²) in [4.78, 5) is 18.8. The molecule has 0 spiro atoms. The van der Waals surface area contributed by atoms with Crippen LogP contribution in [0.2, 0.25) is 0 Å². The van der Waals surface area contributed by atoms with Crippen LogP contribution in [0.15, 0.2) is 0 Å². The van der Waals surface area contributed by atoms with Crippen LogP contribution in [0.1, 0.15) is 44.3 Å². The van der Waals surface area contributed by atoms with Gasteiger partial charge in [0, 0.05) is 26.1 Å². The van der Waals surface area contributed by atoms with Gasteiger partial charge in [-0.25, -0.2) is 14.5 Å². The van der Waals surface area contributed by atoms with Gasteiger partial charge in [0.25, 0.3) is 0 Å². The summed E-state index contributed by atoms with van der Waals surface area (Å²) in [5, 5.41) is 17.1. The third kappa shape index (κ3) is 3.34. The van der Waals surface area contributed by atoms with Gasteiger partial charge in [0.15, 0.2) is 0 Å². The number of aliphatic hydroxyl groups excluding tert-OH is 1. The summed E-state index contributed by atoms with van der Waals surface area (Å²) in [5.74, 6) is 1.81. The minimum atomic E-state index is 0.00871. The fourth-order valence-corrected chi connectivity index (χ4v) is 3.63. The molecule has 128 valence electrons. The maximum absolute atomic E-state index is 12.5. The highest BCUT2D eigenvalue weighted by Gasteiger charge is 2.34. The number of hydrogen-bond acceptors (Lipinski definition) is 4. The number of likely N-dealkylation sites (tertiary alicyclic amines) is 1. The van der Waals surface area contributed by atoms with Crippen molar-refractivity contribution < 1.29 is 9.90 Å². The molecule has 1 atom stereocenters. The van der Waals surface area contributed by atoms with Crippen LogP contribution in [0, 0.1) is 12.3 Å². The molecule has 1 unspecified atom stereocenters. The van der Waals surface area contributed by atoms with Crippen molar-refractivity contribution >= 4 is 6.03 Å². The second-order valence-corrected chi connectivity index (χ2v) is 6.94. The van der Waals surface area contributed by atoms with Crippen LogP contribution >= 0.6 is 0 Å². The Morgan fingerprint density at radius 1 is 1.43 bits per heavy atom. The van der Waals surface area contributed by atoms with Crippen LogP contribution in [-0.4, -0.2) is 56.5 Å². The summed E-state index contributed by atoms with van der Waals surface area (Å²) < 4.78 is 1.91. The van der Waals surface area contributed by atoms with Crippen LogP contribution in [0.25, 0.3) is 0 Å². The maximum atomic E-state index is 12.5. The highest BCUT2D eigenvalue weighted by atomic mass is 16.3. The summed E-state index contributed by atoms with van der Waals surface area (Å²) in [6.45, 7) is 6.38. The van der Waals surface area contributed by atoms with E-state index in [2.05, 4.69) is 22.3 Å². The van der Waals surface area contributed by atoms with Gasteiger partial charge in [0.05, 0.1) is 12.6 Å². The number of amides is 2. The molecule has 3 heterocycles. The molecule has 23 heavy (non-hydrogen) atoms. The van der Waals surface area contributed by atoms with E-state index in [-0.39, 0.29) is 24.1 Å². The van der Waals surface area contributed by atoms with Crippen LogP contribution in [0.5, 0.6) is 0 Å². The SMILES string of the molecule is CCC1(CO)CCN(C(=O)NC2CCc3nc(C)nn3C2)CC1. The van der Waals surface area contributed by atoms with Crippen molar-refractivity contribution in [1.82, 2.24) is 25.0 Å². The van der Waals surface area contributed by atoms with Crippen molar-refractivity contribution in [3.05, 3.63) is 11.6 Å². The van der Waals surface area contributed by atoms with Crippen molar-refractivity contribution in [3.63, 3.8) is 0 Å². The van der Waals surface area contributed by atoms with E-state index in [0.29, 0.717) is 6.54 Å². The van der Waals surface area contributed by atoms with Gasteiger partial charge in [-0.05, 0) is 38.0 Å². The largest absolute Gasteiger partial charge is 0.396 e. The fraction of sp³-hybridized carbons (Fsp3) is 0.812. The summed E-state index contributed by atoms with van der Waals surface area (Å²) in [5.41, 5.74) is 0.00871. The molecule has 0 bridgehead atoms. The van der Waals surface area contributed by atoms with Gasteiger partial charge >= 0.3 is 6.03 Å². The van der Waals surface area contributed by atoms with Gasteiger partial charge in [0.1, 0.15) is 11.6 Å². The van der Waals surface area contributed by atoms with Crippen molar-refractivity contribution in [2.45, 2.75) is 58.5 Å². The Kier molecular flexibility index (Phi) is 4.57. The first-order chi connectivity index (χ1) is 11.0. The van der Waals surface area contributed by atoms with E-state index < -0.39 is 0 Å². The lowest BCUT2D eigenvalue weighted by Gasteiger charge is -2.40. The number of carbonyl (C=O) groups is 1. The average Bonchev–Trinajstić information content (AvgIpc) is 2.94. The lowest BCUT2D eigenvalue weighted by molar-refractivity contribution is 0.0512. The highest BCUT2D eigenvalue weighted by molar-refractivity contribution is 5.74. The zero-order valence-electron chi connectivity index (χ0n) is 14.1. The molecule has 2 N–H and O–H groups in total. The molecule has 2 aliphatic rings. The first-order valence-electron chi connectivity index (χ1n) is 8.62. The van der Waals surface area contributed by atoms with Crippen LogP contribution < -0.4 is 5.32 Å². The Morgan fingerprint density at radius 2 is 2.17 bits per heavy atom. The van der Waals surface area contributed by atoms with E-state index in [0.717, 1.165) is 56.8 Å². The Labute approximate surface area is 137 Å². The summed E-state index contributed by atoms with van der Waals surface area (Å²) in [7, 11) is 0. The normalized spacial score (nSPS) is 23.4. The number of aromatic nitrogens is 3. The summed E-state index contributed by atoms with van der Waals surface area (Å²) in [6, 6.07) is 0.129. The topological polar surface area (TPSA) is 83.3 Å². The monoisotopic (exact) mass is 321 g/mol. The van der Waals surface area contributed by atoms with E-state index in [1.807, 2.05) is 16.5 Å². The number of carbonyl (C=O) groups excluding carboxylic acids is 1. The van der Waals surface area contributed by atoms with E-state index >= 15 is 0 Å². The van der Waals surface area contributed by atoms with Gasteiger partial charge in [-0.15, -0.1) is 0 Å². The minimum Gasteiger partial charge on any atom is -0.396 e. The molecular weight excluding hydrogens is 294 g/mol. The minimum absolute atomic E-state index is 0.00871. The molecule has 1 aromatic rings. The van der Waals surface area contributed by atoms with Crippen LogP contribution in [-0.2, 0) is 13.0 Å². The van der Waals surface area contributed by atoms with E-state index in [1.165, 1.54) is 0 Å². The zero-order valence-corrected chi connectivity index (χ0v) is 14.1. The van der Waals surface area contributed by atoms with Gasteiger partial charge in [-0.2, -0.15) is 5.10 Å². The lowest BCUT2D eigenvalue weighted by atomic mass is 9.77. The average molecular weight is 321 g/mol. The Morgan fingerprint density at radius 3 is 2.83 bits per heavy atom. The molecule has 2 amide bonds. The number of aliphatic hydroxyl groups is 1. The maximum Gasteiger partial charge on any atom is 0.317 e. The third-order valence-electron chi connectivity index (χ3n) is 5.49. The molecule has 2 aliphatic heterocycles. The summed E-state index contributed by atoms with van der Waals surface area (Å²) in [6.07, 6.45) is 4.49. The molecule has 0 aliphatic carbocycles. The first-order valence-corrected chi connectivity index (χ1v) is 8.62. The summed E-state index contributed by atoms with van der Waals surface area (Å²) >= 11 is 0. The van der Waals surface area contributed by atoms with E-state index in [4.69, 9.17) is 0 Å². The lowest BCUT2D eigenvalue weighted by Crippen LogP contribution is -2.52. The van der Waals surface area contributed by atoms with E-state index in [1.54, 1.807) is 0 Å². The molecule has 0 saturated carbocycles. The molecule has 0 radical (unpaired) electrons. The van der Waals surface area contributed by atoms with Crippen molar-refractivity contribution in [3.8, 4) is 0 Å². The quantitative estimate of drug-likeness (QED) is 0.873. The molecule has 0 aromatic carbocycles. The standard InChI is InChI=1S/C16H27N5O2/c1-3-16(11-22)6-8-20(9-7-16)15(23)18-13-4-5-14-17-12(2)19-21(14)10-13/h13,22H,3-11H2,1-2H3,(H,18,23). The van der Waals surface area contributed by atoms with Crippen molar-refractivity contribution in [2.24, 2.45) is 5.41 Å². The van der Waals surface area contributed by atoms with Crippen molar-refractivity contribution in [2.75, 3.05) is 19.7 Å². The molecule has 1 saturated heterocycles. The Bertz CT molecular complexity index is 557. The van der Waals surface area contributed by atoms with Gasteiger partial charge in [-0.1, -0.05) is 6.92 Å². The Hall–Kier alpha value is -1.63. The number of nitrogens with one attached hydrogen (secondary N) is 1. The highest BCUT2D eigenvalue weighted by Crippen LogP contribution is 2.34. The van der Waals surface area contributed by atoms with Crippen LogP contribution in [0.4, 0.5) is 4.79 Å². The predicted molar refractivity (Wildman–Crippen MR) is 86.0 cm³/mol. The number of rotatable bonds is 3. The molecule has 1 fully saturated rings. The third-order valence-corrected chi connectivity index (χ3v) is 5.49.